The van der Waals surface area contributed by atoms with Crippen LogP contribution in [0.25, 0.3) is 0 Å². The van der Waals surface area contributed by atoms with Gasteiger partial charge < -0.3 is 21.3 Å². The summed E-state index contributed by atoms with van der Waals surface area (Å²) in [5.41, 5.74) is 0. The highest BCUT2D eigenvalue weighted by atomic mass is 19.4. The van der Waals surface area contributed by atoms with Crippen LogP contribution in [0.3, 0.4) is 0 Å². The lowest BCUT2D eigenvalue weighted by molar-refractivity contribution is -0.173. The molecule has 0 aromatic rings. The second-order valence-corrected chi connectivity index (χ2v) is 8.72. The maximum absolute atomic E-state index is 12.7. The van der Waals surface area contributed by atoms with E-state index in [0.717, 1.165) is 0 Å². The van der Waals surface area contributed by atoms with E-state index in [4.69, 9.17) is 0 Å². The van der Waals surface area contributed by atoms with Gasteiger partial charge in [0.05, 0.1) is 12.1 Å². The second-order valence-electron chi connectivity index (χ2n) is 8.72. The van der Waals surface area contributed by atoms with Crippen molar-refractivity contribution in [2.45, 2.75) is 91.0 Å². The number of Topliss-reactive ketones (excluding diaryl/α,β-unsaturated/α-hetero) is 1. The van der Waals surface area contributed by atoms with Crippen LogP contribution in [0.5, 0.6) is 0 Å². The fourth-order valence-corrected chi connectivity index (χ4v) is 3.11. The van der Waals surface area contributed by atoms with Crippen molar-refractivity contribution in [3.05, 3.63) is 0 Å². The molecule has 3 amide bonds. The van der Waals surface area contributed by atoms with Gasteiger partial charge in [0.15, 0.2) is 5.78 Å². The lowest BCUT2D eigenvalue weighted by Crippen LogP contribution is -2.54. The summed E-state index contributed by atoms with van der Waals surface area (Å²) in [7, 11) is 1.66. The molecule has 8 nitrogen and oxygen atoms in total. The minimum atomic E-state index is -4.94. The molecule has 4 atom stereocenters. The van der Waals surface area contributed by atoms with Crippen LogP contribution in [0.2, 0.25) is 0 Å². The Bertz CT molecular complexity index is 656. The van der Waals surface area contributed by atoms with Gasteiger partial charge in [0, 0.05) is 12.5 Å². The summed E-state index contributed by atoms with van der Waals surface area (Å²) >= 11 is 0. The van der Waals surface area contributed by atoms with Crippen molar-refractivity contribution in [3.8, 4) is 0 Å². The summed E-state index contributed by atoms with van der Waals surface area (Å²) in [5.74, 6) is -3.07. The fraction of sp³-hybridized carbons (Fsp3) is 0.818. The van der Waals surface area contributed by atoms with Gasteiger partial charge in [-0.25, -0.2) is 0 Å². The third kappa shape index (κ3) is 12.0. The zero-order valence-corrected chi connectivity index (χ0v) is 20.4. The van der Waals surface area contributed by atoms with Gasteiger partial charge in [0.2, 0.25) is 11.8 Å². The van der Waals surface area contributed by atoms with Crippen LogP contribution in [0.4, 0.5) is 13.2 Å². The predicted octanol–water partition coefficient (Wildman–Crippen LogP) is 2.07. The number of ketones is 1. The first kappa shape index (κ1) is 30.8. The minimum absolute atomic E-state index is 0.184. The topological polar surface area (TPSA) is 116 Å². The van der Waals surface area contributed by atoms with Crippen LogP contribution in [-0.4, -0.2) is 61.4 Å². The molecule has 0 aliphatic rings. The zero-order chi connectivity index (χ0) is 25.8. The van der Waals surface area contributed by atoms with Gasteiger partial charge in [-0.1, -0.05) is 27.7 Å². The molecule has 0 aliphatic heterocycles. The molecule has 0 heterocycles. The Kier molecular flexibility index (Phi) is 13.9. The number of hydrogen-bond acceptors (Lipinski definition) is 5. The largest absolute Gasteiger partial charge is 0.471 e. The van der Waals surface area contributed by atoms with E-state index < -0.39 is 36.1 Å². The van der Waals surface area contributed by atoms with Gasteiger partial charge in [0.1, 0.15) is 6.04 Å². The highest BCUT2D eigenvalue weighted by Crippen LogP contribution is 2.15. The average Bonchev–Trinajstić information content (AvgIpc) is 2.73. The quantitative estimate of drug-likeness (QED) is 0.268. The van der Waals surface area contributed by atoms with Crippen molar-refractivity contribution in [2.75, 3.05) is 13.6 Å². The normalized spacial score (nSPS) is 15.3. The van der Waals surface area contributed by atoms with E-state index in [0.29, 0.717) is 19.3 Å². The van der Waals surface area contributed by atoms with Crippen molar-refractivity contribution < 1.29 is 32.3 Å². The Hall–Kier alpha value is -2.17. The molecule has 0 rings (SSSR count). The van der Waals surface area contributed by atoms with Crippen molar-refractivity contribution in [1.82, 2.24) is 21.3 Å². The van der Waals surface area contributed by atoms with E-state index >= 15 is 0 Å². The van der Waals surface area contributed by atoms with Crippen LogP contribution in [0.15, 0.2) is 0 Å². The summed E-state index contributed by atoms with van der Waals surface area (Å²) in [6.07, 6.45) is -3.03. The summed E-state index contributed by atoms with van der Waals surface area (Å²) in [5, 5.41) is 10.0. The molecule has 192 valence electrons. The van der Waals surface area contributed by atoms with Gasteiger partial charge in [-0.15, -0.1) is 0 Å². The molecule has 11 heteroatoms. The molecule has 2 unspecified atom stereocenters. The van der Waals surface area contributed by atoms with Crippen LogP contribution >= 0.6 is 0 Å². The number of nitrogens with one attached hydrogen (secondary N) is 4. The van der Waals surface area contributed by atoms with Crippen LogP contribution in [0, 0.1) is 11.8 Å². The number of carbonyl (C=O) groups excluding carboxylic acids is 4. The maximum atomic E-state index is 12.7. The average molecular weight is 481 g/mol. The third-order valence-corrected chi connectivity index (χ3v) is 5.34. The Labute approximate surface area is 194 Å². The second kappa shape index (κ2) is 14.9. The Morgan fingerprint density at radius 2 is 1.48 bits per heavy atom. The number of halogens is 3. The number of rotatable bonds is 15. The van der Waals surface area contributed by atoms with Crippen molar-refractivity contribution in [3.63, 3.8) is 0 Å². The van der Waals surface area contributed by atoms with Gasteiger partial charge >= 0.3 is 12.1 Å². The van der Waals surface area contributed by atoms with Crippen LogP contribution in [0.1, 0.15) is 66.7 Å². The monoisotopic (exact) mass is 480 g/mol. The van der Waals surface area contributed by atoms with E-state index in [1.807, 2.05) is 20.8 Å². The van der Waals surface area contributed by atoms with E-state index in [9.17, 15) is 32.3 Å². The molecular formula is C22H39F3N4O4. The first-order chi connectivity index (χ1) is 15.2. The van der Waals surface area contributed by atoms with E-state index in [1.165, 1.54) is 6.92 Å². The molecule has 0 spiro atoms. The lowest BCUT2D eigenvalue weighted by Gasteiger charge is -2.24. The summed E-state index contributed by atoms with van der Waals surface area (Å²) in [6.45, 7) is 8.86. The van der Waals surface area contributed by atoms with Gasteiger partial charge in [-0.05, 0) is 52.0 Å². The Balaban J connectivity index is 4.91. The molecule has 0 fully saturated rings. The first-order valence-corrected chi connectivity index (χ1v) is 11.4. The minimum Gasteiger partial charge on any atom is -0.348 e. The van der Waals surface area contributed by atoms with Crippen molar-refractivity contribution in [1.29, 1.82) is 0 Å². The fourth-order valence-electron chi connectivity index (χ4n) is 3.11. The van der Waals surface area contributed by atoms with Gasteiger partial charge in [0.25, 0.3) is 0 Å². The number of carbonyl (C=O) groups is 4. The molecule has 0 aliphatic carbocycles. The molecule has 4 N–H and O–H groups in total. The SMILES string of the molecule is CCC(C)C(=O)[C@H](CCCCNC(=O)C(F)(F)F)NC(=O)C(C)NC(=O)[C@H](CC(C)C)NC. The zero-order valence-electron chi connectivity index (χ0n) is 20.4. The molecule has 0 aromatic heterocycles. The number of unbranched alkanes of at least 4 members (excludes halogenated alkanes) is 1. The number of hydrogen-bond donors (Lipinski definition) is 4. The lowest BCUT2D eigenvalue weighted by atomic mass is 9.94. The summed E-state index contributed by atoms with van der Waals surface area (Å²) in [6, 6.07) is -2.16. The number of amides is 3. The van der Waals surface area contributed by atoms with E-state index in [2.05, 4.69) is 16.0 Å². The van der Waals surface area contributed by atoms with Crippen molar-refractivity contribution in [2.24, 2.45) is 11.8 Å². The predicted molar refractivity (Wildman–Crippen MR) is 119 cm³/mol. The molecule has 0 radical (unpaired) electrons. The number of alkyl halides is 3. The molecule has 0 bridgehead atoms. The first-order valence-electron chi connectivity index (χ1n) is 11.4. The molecule has 0 aromatic carbocycles. The molecule has 33 heavy (non-hydrogen) atoms. The number of likely N-dealkylation sites (N-methyl/N-ethyl adjacent to an activating group) is 1. The van der Waals surface area contributed by atoms with E-state index in [1.54, 1.807) is 19.3 Å². The van der Waals surface area contributed by atoms with Crippen LogP contribution in [-0.2, 0) is 19.2 Å². The standard InChI is InChI=1S/C22H39F3N4O4/c1-7-14(4)18(30)16(10-8-9-11-27-21(33)22(23,24)25)29-19(31)15(5)28-20(32)17(26-6)12-13(2)3/h13-17,26H,7-12H2,1-6H3,(H,27,33)(H,28,32)(H,29,31)/t14?,15?,16-,17-/m0/s1. The Morgan fingerprint density at radius 1 is 0.879 bits per heavy atom. The molecule has 0 saturated carbocycles. The maximum Gasteiger partial charge on any atom is 0.471 e. The molecular weight excluding hydrogens is 441 g/mol. The smallest absolute Gasteiger partial charge is 0.348 e. The Morgan fingerprint density at radius 3 is 1.97 bits per heavy atom. The van der Waals surface area contributed by atoms with Gasteiger partial charge in [-0.3, -0.25) is 19.2 Å². The summed E-state index contributed by atoms with van der Waals surface area (Å²) in [4.78, 5) is 48.6. The van der Waals surface area contributed by atoms with E-state index in [-0.39, 0.29) is 42.9 Å². The van der Waals surface area contributed by atoms with Crippen LogP contribution < -0.4 is 21.3 Å². The molecule has 0 saturated heterocycles. The third-order valence-electron chi connectivity index (χ3n) is 5.34. The summed E-state index contributed by atoms with van der Waals surface area (Å²) < 4.78 is 36.7. The van der Waals surface area contributed by atoms with Crippen molar-refractivity contribution >= 4 is 23.5 Å². The highest BCUT2D eigenvalue weighted by molar-refractivity contribution is 5.94. The van der Waals surface area contributed by atoms with Gasteiger partial charge in [-0.2, -0.15) is 13.2 Å². The highest BCUT2D eigenvalue weighted by Gasteiger charge is 2.38.